The number of amides is 1. The summed E-state index contributed by atoms with van der Waals surface area (Å²) in [6.45, 7) is 0. The topological polar surface area (TPSA) is 90.7 Å². The first-order valence-corrected chi connectivity index (χ1v) is 7.58. The van der Waals surface area contributed by atoms with Crippen molar-refractivity contribution in [2.75, 3.05) is 31.0 Å². The Morgan fingerprint density at radius 3 is 2.71 bits per heavy atom. The summed E-state index contributed by atoms with van der Waals surface area (Å²) < 4.78 is 9.68. The van der Waals surface area contributed by atoms with Gasteiger partial charge in [-0.1, -0.05) is 12.1 Å². The number of thioether (sulfide) groups is 1. The Morgan fingerprint density at radius 1 is 1.33 bits per heavy atom. The van der Waals surface area contributed by atoms with Crippen LogP contribution in [0.5, 0.6) is 5.75 Å². The lowest BCUT2D eigenvalue weighted by Gasteiger charge is -2.10. The van der Waals surface area contributed by atoms with Crippen LogP contribution in [0, 0.1) is 0 Å². The number of ether oxygens (including phenoxy) is 2. The molecule has 1 aromatic carbocycles. The first-order valence-electron chi connectivity index (χ1n) is 6.42. The van der Waals surface area contributed by atoms with E-state index in [2.05, 4.69) is 10.1 Å². The van der Waals surface area contributed by atoms with Crippen LogP contribution >= 0.6 is 11.8 Å². The molecule has 0 bridgehead atoms. The second kappa shape index (κ2) is 9.25. The Labute approximate surface area is 128 Å². The van der Waals surface area contributed by atoms with Gasteiger partial charge in [-0.2, -0.15) is 11.8 Å². The summed E-state index contributed by atoms with van der Waals surface area (Å²) in [4.78, 5) is 22.9. The smallest absolute Gasteiger partial charge is 0.323 e. The third-order valence-electron chi connectivity index (χ3n) is 2.66. The van der Waals surface area contributed by atoms with Gasteiger partial charge in [0.25, 0.3) is 0 Å². The van der Waals surface area contributed by atoms with Crippen LogP contribution in [-0.2, 0) is 14.3 Å². The average Bonchev–Trinajstić information content (AvgIpc) is 2.51. The van der Waals surface area contributed by atoms with Gasteiger partial charge in [-0.3, -0.25) is 9.59 Å². The molecule has 0 aliphatic carbocycles. The highest BCUT2D eigenvalue weighted by molar-refractivity contribution is 7.99. The van der Waals surface area contributed by atoms with Crippen molar-refractivity contribution in [3.05, 3.63) is 24.3 Å². The van der Waals surface area contributed by atoms with Crippen molar-refractivity contribution in [1.82, 2.24) is 0 Å². The van der Waals surface area contributed by atoms with Gasteiger partial charge in [0.2, 0.25) is 5.91 Å². The van der Waals surface area contributed by atoms with Gasteiger partial charge in [0.05, 0.1) is 19.9 Å². The lowest BCUT2D eigenvalue weighted by molar-refractivity contribution is -0.141. The minimum atomic E-state index is -0.655. The van der Waals surface area contributed by atoms with E-state index in [0.717, 1.165) is 0 Å². The van der Waals surface area contributed by atoms with Gasteiger partial charge in [0, 0.05) is 17.9 Å². The van der Waals surface area contributed by atoms with E-state index >= 15 is 0 Å². The normalized spacial score (nSPS) is 11.6. The van der Waals surface area contributed by atoms with Crippen molar-refractivity contribution >= 4 is 29.3 Å². The number of methoxy groups -OCH3 is 2. The van der Waals surface area contributed by atoms with Crippen molar-refractivity contribution in [1.29, 1.82) is 0 Å². The lowest BCUT2D eigenvalue weighted by atomic mass is 10.3. The summed E-state index contributed by atoms with van der Waals surface area (Å²) in [5.41, 5.74) is 6.23. The van der Waals surface area contributed by atoms with Crippen molar-refractivity contribution in [3.8, 4) is 5.75 Å². The van der Waals surface area contributed by atoms with Gasteiger partial charge in [-0.15, -0.1) is 0 Å². The van der Waals surface area contributed by atoms with Crippen molar-refractivity contribution in [2.24, 2.45) is 5.73 Å². The van der Waals surface area contributed by atoms with E-state index in [1.54, 1.807) is 19.2 Å². The molecular formula is C14H20N2O4S. The van der Waals surface area contributed by atoms with Crippen LogP contribution in [0.3, 0.4) is 0 Å². The van der Waals surface area contributed by atoms with Crippen LogP contribution in [-0.4, -0.2) is 43.6 Å². The van der Waals surface area contributed by atoms with E-state index in [0.29, 0.717) is 29.4 Å². The van der Waals surface area contributed by atoms with E-state index in [1.807, 2.05) is 12.1 Å². The second-order valence-corrected chi connectivity index (χ2v) is 5.35. The van der Waals surface area contributed by atoms with Crippen LogP contribution < -0.4 is 15.8 Å². The molecule has 3 N–H and O–H groups in total. The number of nitrogens with one attached hydrogen (secondary N) is 1. The minimum absolute atomic E-state index is 0.112. The maximum absolute atomic E-state index is 11.8. The molecule has 1 rings (SSSR count). The minimum Gasteiger partial charge on any atom is -0.495 e. The molecule has 6 nitrogen and oxygen atoms in total. The molecule has 0 aromatic heterocycles. The van der Waals surface area contributed by atoms with Gasteiger partial charge in [-0.25, -0.2) is 0 Å². The van der Waals surface area contributed by atoms with Crippen molar-refractivity contribution in [3.63, 3.8) is 0 Å². The molecule has 0 aliphatic rings. The maximum atomic E-state index is 11.8. The summed E-state index contributed by atoms with van der Waals surface area (Å²) >= 11 is 1.44. The molecule has 7 heteroatoms. The number of carbonyl (C=O) groups is 2. The molecule has 0 saturated heterocycles. The van der Waals surface area contributed by atoms with Crippen LogP contribution in [0.4, 0.5) is 5.69 Å². The quantitative estimate of drug-likeness (QED) is 0.555. The van der Waals surface area contributed by atoms with Gasteiger partial charge < -0.3 is 20.5 Å². The molecule has 0 aliphatic heterocycles. The van der Waals surface area contributed by atoms with E-state index in [1.165, 1.54) is 18.9 Å². The number of hydrogen-bond acceptors (Lipinski definition) is 6. The Morgan fingerprint density at radius 2 is 2.05 bits per heavy atom. The standard InChI is InChI=1S/C14H20N2O4S/c1-19-12-6-4-3-5-11(12)16-13(17)7-8-21-9-10(15)14(18)20-2/h3-6,10H,7-9,15H2,1-2H3,(H,16,17). The molecule has 1 atom stereocenters. The summed E-state index contributed by atoms with van der Waals surface area (Å²) in [7, 11) is 2.85. The molecule has 1 amide bonds. The predicted molar refractivity (Wildman–Crippen MR) is 83.6 cm³/mol. The monoisotopic (exact) mass is 312 g/mol. The number of carbonyl (C=O) groups excluding carboxylic acids is 2. The number of hydrogen-bond donors (Lipinski definition) is 2. The number of anilines is 1. The highest BCUT2D eigenvalue weighted by atomic mass is 32.2. The van der Waals surface area contributed by atoms with E-state index < -0.39 is 12.0 Å². The summed E-state index contributed by atoms with van der Waals surface area (Å²) in [5.74, 6) is 1.06. The summed E-state index contributed by atoms with van der Waals surface area (Å²) in [6, 6.07) is 6.55. The molecule has 0 fully saturated rings. The van der Waals surface area contributed by atoms with Gasteiger partial charge in [0.15, 0.2) is 0 Å². The Bertz CT molecular complexity index is 482. The van der Waals surface area contributed by atoms with Gasteiger partial charge in [-0.05, 0) is 12.1 Å². The Balaban J connectivity index is 2.30. The van der Waals surface area contributed by atoms with Crippen LogP contribution in [0.15, 0.2) is 24.3 Å². The van der Waals surface area contributed by atoms with Gasteiger partial charge >= 0.3 is 5.97 Å². The van der Waals surface area contributed by atoms with Crippen molar-refractivity contribution in [2.45, 2.75) is 12.5 Å². The number of para-hydroxylation sites is 2. The first-order chi connectivity index (χ1) is 10.1. The van der Waals surface area contributed by atoms with E-state index in [9.17, 15) is 9.59 Å². The molecule has 116 valence electrons. The maximum Gasteiger partial charge on any atom is 0.323 e. The number of benzene rings is 1. The zero-order chi connectivity index (χ0) is 15.7. The van der Waals surface area contributed by atoms with Gasteiger partial charge in [0.1, 0.15) is 11.8 Å². The molecule has 0 spiro atoms. The highest BCUT2D eigenvalue weighted by Crippen LogP contribution is 2.23. The van der Waals surface area contributed by atoms with Crippen LogP contribution in [0.2, 0.25) is 0 Å². The Kier molecular flexibility index (Phi) is 7.63. The SMILES string of the molecule is COC(=O)C(N)CSCCC(=O)Nc1ccccc1OC. The summed E-state index contributed by atoms with van der Waals surface area (Å²) in [6.07, 6.45) is 0.330. The lowest BCUT2D eigenvalue weighted by Crippen LogP contribution is -2.34. The van der Waals surface area contributed by atoms with Crippen LogP contribution in [0.1, 0.15) is 6.42 Å². The van der Waals surface area contributed by atoms with E-state index in [-0.39, 0.29) is 5.91 Å². The number of rotatable bonds is 8. The highest BCUT2D eigenvalue weighted by Gasteiger charge is 2.13. The third-order valence-corrected chi connectivity index (χ3v) is 3.74. The number of esters is 1. The van der Waals surface area contributed by atoms with Crippen LogP contribution in [0.25, 0.3) is 0 Å². The third kappa shape index (κ3) is 6.05. The molecule has 1 aromatic rings. The molecular weight excluding hydrogens is 292 g/mol. The second-order valence-electron chi connectivity index (χ2n) is 4.20. The predicted octanol–water partition coefficient (Wildman–Crippen LogP) is 1.26. The largest absolute Gasteiger partial charge is 0.495 e. The molecule has 0 saturated carbocycles. The number of nitrogens with two attached hydrogens (primary N) is 1. The molecule has 21 heavy (non-hydrogen) atoms. The zero-order valence-electron chi connectivity index (χ0n) is 12.1. The average molecular weight is 312 g/mol. The zero-order valence-corrected chi connectivity index (χ0v) is 12.9. The molecule has 0 heterocycles. The van der Waals surface area contributed by atoms with E-state index in [4.69, 9.17) is 10.5 Å². The fraction of sp³-hybridized carbons (Fsp3) is 0.429. The first kappa shape index (κ1) is 17.3. The molecule has 1 unspecified atom stereocenters. The molecule has 0 radical (unpaired) electrons. The fourth-order valence-electron chi connectivity index (χ4n) is 1.56. The summed E-state index contributed by atoms with van der Waals surface area (Å²) in [5, 5.41) is 2.78. The van der Waals surface area contributed by atoms with Crippen molar-refractivity contribution < 1.29 is 19.1 Å². The Hall–Kier alpha value is -1.73. The fourth-order valence-corrected chi connectivity index (χ4v) is 2.44.